The van der Waals surface area contributed by atoms with Crippen LogP contribution in [0, 0.1) is 0 Å². The second-order valence-corrected chi connectivity index (χ2v) is 7.29. The summed E-state index contributed by atoms with van der Waals surface area (Å²) >= 11 is 0. The Bertz CT molecular complexity index is 1260. The molecule has 0 fully saturated rings. The van der Waals surface area contributed by atoms with E-state index in [0.717, 1.165) is 10.5 Å². The summed E-state index contributed by atoms with van der Waals surface area (Å²) in [5.41, 5.74) is 1.65. The number of methoxy groups -OCH3 is 1. The maximum absolute atomic E-state index is 12.7. The number of nitrogens with one attached hydrogen (secondary N) is 1. The van der Waals surface area contributed by atoms with Gasteiger partial charge in [-0.1, -0.05) is 36.4 Å². The summed E-state index contributed by atoms with van der Waals surface area (Å²) in [6, 6.07) is 19.8. The number of anilines is 1. The zero-order valence-corrected chi connectivity index (χ0v) is 18.2. The van der Waals surface area contributed by atoms with Gasteiger partial charge in [0, 0.05) is 6.08 Å². The summed E-state index contributed by atoms with van der Waals surface area (Å²) in [5, 5.41) is 2.65. The van der Waals surface area contributed by atoms with E-state index >= 15 is 0 Å². The number of nitrogens with zero attached hydrogens (tertiary/aromatic N) is 1. The second kappa shape index (κ2) is 9.83. The van der Waals surface area contributed by atoms with E-state index in [-0.39, 0.29) is 22.4 Å². The van der Waals surface area contributed by atoms with Crippen LogP contribution in [0.4, 0.5) is 5.69 Å². The van der Waals surface area contributed by atoms with Crippen LogP contribution in [0.2, 0.25) is 0 Å². The fourth-order valence-corrected chi connectivity index (χ4v) is 3.39. The second-order valence-electron chi connectivity index (χ2n) is 7.29. The first-order chi connectivity index (χ1) is 16.5. The lowest BCUT2D eigenvalue weighted by Gasteiger charge is -2.15. The zero-order valence-electron chi connectivity index (χ0n) is 18.2. The molecule has 8 nitrogen and oxygen atoms in total. The molecule has 0 spiro atoms. The van der Waals surface area contributed by atoms with Crippen molar-refractivity contribution in [1.82, 2.24) is 4.90 Å². The molecule has 0 aliphatic carbocycles. The summed E-state index contributed by atoms with van der Waals surface area (Å²) in [7, 11) is 1.57. The summed E-state index contributed by atoms with van der Waals surface area (Å²) in [5.74, 6) is -1.59. The van der Waals surface area contributed by atoms with E-state index in [1.54, 1.807) is 79.9 Å². The van der Waals surface area contributed by atoms with Crippen LogP contribution in [-0.2, 0) is 9.53 Å². The highest BCUT2D eigenvalue weighted by Gasteiger charge is 2.35. The average Bonchev–Trinajstić information content (AvgIpc) is 3.11. The summed E-state index contributed by atoms with van der Waals surface area (Å²) in [4.78, 5) is 50.8. The molecule has 0 aromatic heterocycles. The van der Waals surface area contributed by atoms with Crippen molar-refractivity contribution >= 4 is 35.5 Å². The number of fused-ring (bicyclic) bond motifs is 1. The van der Waals surface area contributed by atoms with Gasteiger partial charge in [0.1, 0.15) is 5.75 Å². The molecule has 3 aromatic rings. The highest BCUT2D eigenvalue weighted by atomic mass is 16.5. The molecule has 4 rings (SSSR count). The Morgan fingerprint density at radius 3 is 2.15 bits per heavy atom. The van der Waals surface area contributed by atoms with Gasteiger partial charge in [-0.2, -0.15) is 0 Å². The van der Waals surface area contributed by atoms with Gasteiger partial charge in [0.2, 0.25) is 5.91 Å². The molecule has 8 heteroatoms. The Morgan fingerprint density at radius 1 is 0.882 bits per heavy atom. The molecule has 1 heterocycles. The molecule has 3 aromatic carbocycles. The first-order valence-corrected chi connectivity index (χ1v) is 10.3. The molecule has 1 N–H and O–H groups in total. The number of carbonyl (C=O) groups is 4. The molecule has 0 radical (unpaired) electrons. The predicted octanol–water partition coefficient (Wildman–Crippen LogP) is 3.76. The smallest absolute Gasteiger partial charge is 0.341 e. The van der Waals surface area contributed by atoms with E-state index in [4.69, 9.17) is 9.47 Å². The number of imide groups is 1. The molecule has 170 valence electrons. The van der Waals surface area contributed by atoms with Crippen LogP contribution in [0.15, 0.2) is 78.9 Å². The van der Waals surface area contributed by atoms with Crippen molar-refractivity contribution in [2.24, 2.45) is 0 Å². The van der Waals surface area contributed by atoms with Gasteiger partial charge in [0.15, 0.2) is 6.73 Å². The van der Waals surface area contributed by atoms with E-state index in [2.05, 4.69) is 5.32 Å². The van der Waals surface area contributed by atoms with Gasteiger partial charge in [-0.3, -0.25) is 14.4 Å². The first-order valence-electron chi connectivity index (χ1n) is 10.3. The van der Waals surface area contributed by atoms with Gasteiger partial charge < -0.3 is 14.8 Å². The van der Waals surface area contributed by atoms with Crippen LogP contribution in [-0.4, -0.2) is 42.4 Å². The van der Waals surface area contributed by atoms with Crippen molar-refractivity contribution in [1.29, 1.82) is 0 Å². The quantitative estimate of drug-likeness (QED) is 0.330. The van der Waals surface area contributed by atoms with Crippen LogP contribution in [0.3, 0.4) is 0 Å². The number of hydrogen-bond donors (Lipinski definition) is 1. The number of esters is 1. The maximum atomic E-state index is 12.7. The largest absolute Gasteiger partial charge is 0.497 e. The Morgan fingerprint density at radius 2 is 1.50 bits per heavy atom. The van der Waals surface area contributed by atoms with Gasteiger partial charge in [0.25, 0.3) is 11.8 Å². The number of benzene rings is 3. The van der Waals surface area contributed by atoms with Crippen LogP contribution >= 0.6 is 0 Å². The van der Waals surface area contributed by atoms with Crippen LogP contribution in [0.1, 0.15) is 36.6 Å². The predicted molar refractivity (Wildman–Crippen MR) is 124 cm³/mol. The van der Waals surface area contributed by atoms with Gasteiger partial charge in [0.05, 0.1) is 29.5 Å². The molecule has 0 bridgehead atoms. The minimum atomic E-state index is -0.786. The summed E-state index contributed by atoms with van der Waals surface area (Å²) in [6.45, 7) is -0.537. The Labute approximate surface area is 195 Å². The van der Waals surface area contributed by atoms with Crippen molar-refractivity contribution in [3.8, 4) is 5.75 Å². The SMILES string of the molecule is COc1ccc(/C=C/C(=O)Nc2ccccc2C(=O)OCN2C(=O)c3ccccc3C2=O)cc1. The lowest BCUT2D eigenvalue weighted by atomic mass is 10.1. The molecule has 1 aliphatic heterocycles. The van der Waals surface area contributed by atoms with Gasteiger partial charge >= 0.3 is 5.97 Å². The highest BCUT2D eigenvalue weighted by Crippen LogP contribution is 2.23. The Hall–Kier alpha value is -4.72. The van der Waals surface area contributed by atoms with E-state index in [1.807, 2.05) is 0 Å². The van der Waals surface area contributed by atoms with Crippen LogP contribution < -0.4 is 10.1 Å². The Kier molecular flexibility index (Phi) is 6.49. The monoisotopic (exact) mass is 456 g/mol. The molecule has 0 unspecified atom stereocenters. The maximum Gasteiger partial charge on any atom is 0.341 e. The van der Waals surface area contributed by atoms with Gasteiger partial charge in [-0.25, -0.2) is 9.69 Å². The van der Waals surface area contributed by atoms with E-state index < -0.39 is 30.4 Å². The minimum absolute atomic E-state index is 0.0882. The Balaban J connectivity index is 1.40. The van der Waals surface area contributed by atoms with Gasteiger partial charge in [-0.05, 0) is 48.0 Å². The lowest BCUT2D eigenvalue weighted by Crippen LogP contribution is -2.33. The summed E-state index contributed by atoms with van der Waals surface area (Å²) < 4.78 is 10.3. The zero-order chi connectivity index (χ0) is 24.1. The fourth-order valence-electron chi connectivity index (χ4n) is 3.39. The highest BCUT2D eigenvalue weighted by molar-refractivity contribution is 6.21. The van der Waals surface area contributed by atoms with Crippen molar-refractivity contribution in [3.63, 3.8) is 0 Å². The minimum Gasteiger partial charge on any atom is -0.497 e. The lowest BCUT2D eigenvalue weighted by molar-refractivity contribution is -0.111. The van der Waals surface area contributed by atoms with Crippen molar-refractivity contribution in [3.05, 3.63) is 101 Å². The molecule has 0 saturated heterocycles. The number of para-hydroxylation sites is 1. The number of amides is 3. The van der Waals surface area contributed by atoms with Crippen molar-refractivity contribution < 1.29 is 28.7 Å². The number of rotatable bonds is 7. The molecule has 1 aliphatic rings. The van der Waals surface area contributed by atoms with Crippen molar-refractivity contribution in [2.45, 2.75) is 0 Å². The third kappa shape index (κ3) is 4.71. The molecular formula is C26H20N2O6. The van der Waals surface area contributed by atoms with E-state index in [1.165, 1.54) is 12.1 Å². The third-order valence-corrected chi connectivity index (χ3v) is 5.15. The molecular weight excluding hydrogens is 436 g/mol. The fraction of sp³-hybridized carbons (Fsp3) is 0.0769. The van der Waals surface area contributed by atoms with Crippen molar-refractivity contribution in [2.75, 3.05) is 19.2 Å². The topological polar surface area (TPSA) is 102 Å². The van der Waals surface area contributed by atoms with Gasteiger partial charge in [-0.15, -0.1) is 0 Å². The molecule has 0 saturated carbocycles. The number of hydrogen-bond acceptors (Lipinski definition) is 6. The average molecular weight is 456 g/mol. The van der Waals surface area contributed by atoms with Crippen LogP contribution in [0.25, 0.3) is 6.08 Å². The number of ether oxygens (including phenoxy) is 2. The van der Waals surface area contributed by atoms with E-state index in [9.17, 15) is 19.2 Å². The molecule has 34 heavy (non-hydrogen) atoms. The first kappa shape index (κ1) is 22.5. The molecule has 3 amide bonds. The normalized spacial score (nSPS) is 12.6. The third-order valence-electron chi connectivity index (χ3n) is 5.15. The molecule has 0 atom stereocenters. The number of carbonyl (C=O) groups excluding carboxylic acids is 4. The summed E-state index contributed by atoms with van der Waals surface area (Å²) in [6.07, 6.45) is 2.96. The van der Waals surface area contributed by atoms with Crippen LogP contribution in [0.5, 0.6) is 5.75 Å². The van der Waals surface area contributed by atoms with E-state index in [0.29, 0.717) is 5.75 Å². The standard InChI is InChI=1S/C26H20N2O6/c1-33-18-13-10-17(11-14-18)12-15-23(29)27-22-9-5-4-8-21(22)26(32)34-16-28-24(30)19-6-2-3-7-20(19)25(28)31/h2-15H,16H2,1H3,(H,27,29)/b15-12+.